The molecule has 2 fully saturated rings. The summed E-state index contributed by atoms with van der Waals surface area (Å²) in [7, 11) is 0. The first-order chi connectivity index (χ1) is 19.0. The summed E-state index contributed by atoms with van der Waals surface area (Å²) in [5.41, 5.74) is 1.78. The van der Waals surface area contributed by atoms with Crippen LogP contribution in [0.5, 0.6) is 5.75 Å². The van der Waals surface area contributed by atoms with E-state index in [2.05, 4.69) is 13.5 Å². The minimum atomic E-state index is -0.644. The van der Waals surface area contributed by atoms with Gasteiger partial charge in [0.25, 0.3) is 0 Å². The van der Waals surface area contributed by atoms with Crippen LogP contribution in [0, 0.1) is 23.4 Å². The smallest absolute Gasteiger partial charge is 0.162 e. The fourth-order valence-electron chi connectivity index (χ4n) is 6.35. The third-order valence-electron chi connectivity index (χ3n) is 8.83. The molecule has 0 heterocycles. The molecular formula is C34H45F3O2. The molecule has 0 saturated heterocycles. The predicted octanol–water partition coefficient (Wildman–Crippen LogP) is 9.81. The van der Waals surface area contributed by atoms with E-state index in [-0.39, 0.29) is 23.8 Å². The van der Waals surface area contributed by atoms with Gasteiger partial charge < -0.3 is 9.47 Å². The number of rotatable bonds is 13. The number of unbranched alkanes of at least 4 members (excludes halogenated alkanes) is 1. The number of ether oxygens (including phenoxy) is 2. The first-order valence-electron chi connectivity index (χ1n) is 15.1. The Balaban J connectivity index is 1.25. The summed E-state index contributed by atoms with van der Waals surface area (Å²) in [4.78, 5) is 0. The van der Waals surface area contributed by atoms with Crippen molar-refractivity contribution in [1.82, 2.24) is 0 Å². The summed E-state index contributed by atoms with van der Waals surface area (Å²) in [6.07, 6.45) is 13.7. The second-order valence-electron chi connectivity index (χ2n) is 11.5. The van der Waals surface area contributed by atoms with Gasteiger partial charge in [0.15, 0.2) is 11.6 Å². The molecule has 214 valence electrons. The van der Waals surface area contributed by atoms with Crippen LogP contribution in [0.1, 0.15) is 112 Å². The maximum Gasteiger partial charge on any atom is 0.162 e. The first-order valence-corrected chi connectivity index (χ1v) is 15.1. The Labute approximate surface area is 233 Å². The maximum absolute atomic E-state index is 15.3. The van der Waals surface area contributed by atoms with Crippen molar-refractivity contribution in [2.24, 2.45) is 5.92 Å². The SMILES string of the molecule is C=CCCOc1ccc(CCC2CCC(c3ccc(C4CCC(OCCCC)CC4)c(F)c3F)CC2)c(F)c1. The third kappa shape index (κ3) is 8.13. The van der Waals surface area contributed by atoms with E-state index in [1.807, 2.05) is 24.3 Å². The van der Waals surface area contributed by atoms with Gasteiger partial charge in [0.05, 0.1) is 12.7 Å². The molecule has 2 aliphatic carbocycles. The molecule has 0 unspecified atom stereocenters. The zero-order valence-electron chi connectivity index (χ0n) is 23.5. The molecule has 4 rings (SSSR count). The monoisotopic (exact) mass is 542 g/mol. The van der Waals surface area contributed by atoms with Crippen molar-refractivity contribution < 1.29 is 22.6 Å². The molecule has 0 bridgehead atoms. The van der Waals surface area contributed by atoms with Crippen LogP contribution in [0.25, 0.3) is 0 Å². The van der Waals surface area contributed by atoms with Crippen LogP contribution in [0.3, 0.4) is 0 Å². The van der Waals surface area contributed by atoms with Crippen LogP contribution < -0.4 is 4.74 Å². The fraction of sp³-hybridized carbons (Fsp3) is 0.588. The second kappa shape index (κ2) is 14.9. The standard InChI is InChI=1S/C34H45F3O2/c1-3-5-21-38-28-16-13-26(14-17-28)31-20-19-30(33(36)34(31)37)25-10-7-24(8-11-25)9-12-27-15-18-29(23-32(27)35)39-22-6-4-2/h4,15,18-20,23-26,28H,2-3,5-14,16-17,21-22H2,1H3. The van der Waals surface area contributed by atoms with Crippen LogP contribution >= 0.6 is 0 Å². The van der Waals surface area contributed by atoms with Crippen molar-refractivity contribution in [3.63, 3.8) is 0 Å². The molecular weight excluding hydrogens is 497 g/mol. The quantitative estimate of drug-likeness (QED) is 0.185. The van der Waals surface area contributed by atoms with Crippen LogP contribution in [-0.4, -0.2) is 19.3 Å². The molecule has 2 aromatic carbocycles. The second-order valence-corrected chi connectivity index (χ2v) is 11.5. The first kappa shape index (κ1) is 29.7. The van der Waals surface area contributed by atoms with Crippen molar-refractivity contribution >= 4 is 0 Å². The van der Waals surface area contributed by atoms with E-state index in [9.17, 15) is 4.39 Å². The van der Waals surface area contributed by atoms with Crippen molar-refractivity contribution in [3.8, 4) is 5.75 Å². The zero-order valence-corrected chi connectivity index (χ0v) is 23.5. The highest BCUT2D eigenvalue weighted by atomic mass is 19.2. The van der Waals surface area contributed by atoms with Gasteiger partial charge in [-0.15, -0.1) is 6.58 Å². The normalized spacial score (nSPS) is 23.5. The molecule has 0 atom stereocenters. The van der Waals surface area contributed by atoms with E-state index in [1.165, 1.54) is 6.07 Å². The molecule has 2 aromatic rings. The number of hydrogen-bond donors (Lipinski definition) is 0. The molecule has 0 N–H and O–H groups in total. The van der Waals surface area contributed by atoms with Gasteiger partial charge >= 0.3 is 0 Å². The lowest BCUT2D eigenvalue weighted by atomic mass is 9.76. The number of hydrogen-bond acceptors (Lipinski definition) is 2. The van der Waals surface area contributed by atoms with Gasteiger partial charge in [-0.05, 0) is 118 Å². The Hall–Kier alpha value is -2.27. The van der Waals surface area contributed by atoms with Gasteiger partial charge in [-0.2, -0.15) is 0 Å². The highest BCUT2D eigenvalue weighted by Crippen LogP contribution is 2.41. The molecule has 2 aliphatic rings. The summed E-state index contributed by atoms with van der Waals surface area (Å²) < 4.78 is 56.5. The van der Waals surface area contributed by atoms with E-state index in [0.717, 1.165) is 83.7 Å². The van der Waals surface area contributed by atoms with E-state index < -0.39 is 11.6 Å². The molecule has 0 aromatic heterocycles. The molecule has 39 heavy (non-hydrogen) atoms. The van der Waals surface area contributed by atoms with E-state index in [0.29, 0.717) is 41.4 Å². The number of halogens is 3. The Bertz CT molecular complexity index is 1050. The van der Waals surface area contributed by atoms with Crippen molar-refractivity contribution in [3.05, 3.63) is 77.1 Å². The minimum Gasteiger partial charge on any atom is -0.493 e. The van der Waals surface area contributed by atoms with Crippen LogP contribution in [0.4, 0.5) is 13.2 Å². The lowest BCUT2D eigenvalue weighted by molar-refractivity contribution is 0.0230. The van der Waals surface area contributed by atoms with Gasteiger partial charge in [-0.1, -0.05) is 37.6 Å². The van der Waals surface area contributed by atoms with Crippen LogP contribution in [0.15, 0.2) is 43.0 Å². The van der Waals surface area contributed by atoms with Gasteiger partial charge in [-0.25, -0.2) is 13.2 Å². The molecule has 0 aliphatic heterocycles. The van der Waals surface area contributed by atoms with Gasteiger partial charge in [-0.3, -0.25) is 0 Å². The largest absolute Gasteiger partial charge is 0.493 e. The fourth-order valence-corrected chi connectivity index (χ4v) is 6.35. The molecule has 0 radical (unpaired) electrons. The van der Waals surface area contributed by atoms with Crippen molar-refractivity contribution in [2.45, 2.75) is 108 Å². The lowest BCUT2D eigenvalue weighted by Gasteiger charge is -2.31. The van der Waals surface area contributed by atoms with Gasteiger partial charge in [0.2, 0.25) is 0 Å². The summed E-state index contributed by atoms with van der Waals surface area (Å²) in [6.45, 7) is 7.10. The third-order valence-corrected chi connectivity index (χ3v) is 8.83. The Morgan fingerprint density at radius 3 is 2.08 bits per heavy atom. The number of aryl methyl sites for hydroxylation is 1. The molecule has 2 nitrogen and oxygen atoms in total. The Kier molecular flexibility index (Phi) is 11.4. The van der Waals surface area contributed by atoms with E-state index >= 15 is 8.78 Å². The Morgan fingerprint density at radius 2 is 1.49 bits per heavy atom. The number of benzene rings is 2. The van der Waals surface area contributed by atoms with Gasteiger partial charge in [0.1, 0.15) is 11.6 Å². The molecule has 0 amide bonds. The maximum atomic E-state index is 15.3. The highest BCUT2D eigenvalue weighted by Gasteiger charge is 2.30. The minimum absolute atomic E-state index is 0.0521. The molecule has 5 heteroatoms. The Morgan fingerprint density at radius 1 is 0.846 bits per heavy atom. The van der Waals surface area contributed by atoms with Crippen molar-refractivity contribution in [2.75, 3.05) is 13.2 Å². The lowest BCUT2D eigenvalue weighted by Crippen LogP contribution is -2.22. The zero-order chi connectivity index (χ0) is 27.6. The van der Waals surface area contributed by atoms with E-state index in [4.69, 9.17) is 9.47 Å². The van der Waals surface area contributed by atoms with E-state index in [1.54, 1.807) is 6.08 Å². The molecule has 2 saturated carbocycles. The topological polar surface area (TPSA) is 18.5 Å². The molecule has 0 spiro atoms. The summed E-state index contributed by atoms with van der Waals surface area (Å²) in [6, 6.07) is 8.79. The highest BCUT2D eigenvalue weighted by molar-refractivity contribution is 5.32. The van der Waals surface area contributed by atoms with Crippen LogP contribution in [-0.2, 0) is 11.2 Å². The van der Waals surface area contributed by atoms with Crippen LogP contribution in [0.2, 0.25) is 0 Å². The predicted molar refractivity (Wildman–Crippen MR) is 152 cm³/mol. The average molecular weight is 543 g/mol. The average Bonchev–Trinajstić information content (AvgIpc) is 2.95. The summed E-state index contributed by atoms with van der Waals surface area (Å²) in [5, 5.41) is 0. The van der Waals surface area contributed by atoms with Gasteiger partial charge in [0, 0.05) is 12.7 Å². The van der Waals surface area contributed by atoms with Crippen molar-refractivity contribution in [1.29, 1.82) is 0 Å². The summed E-state index contributed by atoms with van der Waals surface area (Å²) >= 11 is 0. The summed E-state index contributed by atoms with van der Waals surface area (Å²) in [5.74, 6) is -0.365.